The smallest absolute Gasteiger partial charge is 0.163 e. The lowest BCUT2D eigenvalue weighted by Crippen LogP contribution is -2.08. The first-order chi connectivity index (χ1) is 12.3. The van der Waals surface area contributed by atoms with Crippen molar-refractivity contribution in [2.24, 2.45) is 0 Å². The fraction of sp³-hybridized carbons (Fsp3) is 0.167. The van der Waals surface area contributed by atoms with Crippen LogP contribution in [0.25, 0.3) is 33.1 Å². The Bertz CT molecular complexity index is 1010. The molecule has 3 heterocycles. The quantitative estimate of drug-likeness (QED) is 0.596. The molecule has 0 aliphatic heterocycles. The molecule has 0 bridgehead atoms. The van der Waals surface area contributed by atoms with Gasteiger partial charge in [0.25, 0.3) is 0 Å². The average Bonchev–Trinajstić information content (AvgIpc) is 3.28. The molecular weight excluding hydrogens is 334 g/mol. The zero-order chi connectivity index (χ0) is 17.2. The van der Waals surface area contributed by atoms with Gasteiger partial charge >= 0.3 is 0 Å². The summed E-state index contributed by atoms with van der Waals surface area (Å²) in [6, 6.07) is 12.0. The number of ether oxygens (including phenoxy) is 1. The highest BCUT2D eigenvalue weighted by atomic mass is 32.1. The fourth-order valence-electron chi connectivity index (χ4n) is 2.77. The van der Waals surface area contributed by atoms with Gasteiger partial charge in [-0.15, -0.1) is 11.3 Å². The van der Waals surface area contributed by atoms with Crippen molar-refractivity contribution in [2.45, 2.75) is 6.54 Å². The van der Waals surface area contributed by atoms with Gasteiger partial charge in [-0.05, 0) is 23.6 Å². The molecule has 0 atom stereocenters. The zero-order valence-electron chi connectivity index (χ0n) is 13.7. The van der Waals surface area contributed by atoms with E-state index in [9.17, 15) is 0 Å². The number of thiophene rings is 1. The molecule has 3 aromatic heterocycles. The first-order valence-electron chi connectivity index (χ1n) is 7.89. The molecule has 0 amide bonds. The van der Waals surface area contributed by atoms with Gasteiger partial charge in [0, 0.05) is 13.7 Å². The molecule has 0 aliphatic rings. The number of benzene rings is 1. The van der Waals surface area contributed by atoms with Gasteiger partial charge in [-0.1, -0.05) is 18.2 Å². The van der Waals surface area contributed by atoms with Crippen LogP contribution in [0.3, 0.4) is 0 Å². The van der Waals surface area contributed by atoms with Crippen molar-refractivity contribution in [2.75, 3.05) is 19.5 Å². The van der Waals surface area contributed by atoms with Gasteiger partial charge in [0.15, 0.2) is 11.6 Å². The first kappa shape index (κ1) is 15.7. The third-order valence-corrected chi connectivity index (χ3v) is 4.85. The van der Waals surface area contributed by atoms with Crippen molar-refractivity contribution in [1.29, 1.82) is 0 Å². The number of hydrogen-bond donors (Lipinski definition) is 1. The lowest BCUT2D eigenvalue weighted by molar-refractivity contribution is 0.188. The minimum Gasteiger partial charge on any atom is -0.383 e. The maximum atomic E-state index is 6.14. The molecule has 1 aromatic carbocycles. The summed E-state index contributed by atoms with van der Waals surface area (Å²) in [6.07, 6.45) is 1.70. The van der Waals surface area contributed by atoms with Crippen molar-refractivity contribution in [3.8, 4) is 22.1 Å². The molecule has 0 unspecified atom stereocenters. The first-order valence-corrected chi connectivity index (χ1v) is 8.77. The molecule has 0 radical (unpaired) electrons. The van der Waals surface area contributed by atoms with E-state index >= 15 is 0 Å². The second kappa shape index (κ2) is 6.62. The number of imidazole rings is 1. The van der Waals surface area contributed by atoms with E-state index in [1.165, 1.54) is 0 Å². The Morgan fingerprint density at radius 3 is 2.84 bits per heavy atom. The Kier molecular flexibility index (Phi) is 4.17. The Balaban J connectivity index is 1.90. The van der Waals surface area contributed by atoms with E-state index in [-0.39, 0.29) is 0 Å². The van der Waals surface area contributed by atoms with Crippen LogP contribution in [0.2, 0.25) is 0 Å². The van der Waals surface area contributed by atoms with E-state index in [4.69, 9.17) is 20.4 Å². The number of hydrogen-bond acceptors (Lipinski definition) is 6. The highest BCUT2D eigenvalue weighted by molar-refractivity contribution is 7.13. The average molecular weight is 351 g/mol. The second-order valence-corrected chi connectivity index (χ2v) is 6.48. The lowest BCUT2D eigenvalue weighted by atomic mass is 10.3. The maximum Gasteiger partial charge on any atom is 0.163 e. The predicted molar refractivity (Wildman–Crippen MR) is 100 cm³/mol. The summed E-state index contributed by atoms with van der Waals surface area (Å²) in [5, 5.41) is 2.01. The van der Waals surface area contributed by atoms with Crippen LogP contribution in [0, 0.1) is 0 Å². The van der Waals surface area contributed by atoms with Crippen molar-refractivity contribution in [3.05, 3.63) is 48.0 Å². The molecule has 0 saturated carbocycles. The molecule has 126 valence electrons. The molecule has 0 spiro atoms. The largest absolute Gasteiger partial charge is 0.383 e. The van der Waals surface area contributed by atoms with Gasteiger partial charge in [0.2, 0.25) is 0 Å². The van der Waals surface area contributed by atoms with Crippen molar-refractivity contribution in [1.82, 2.24) is 19.5 Å². The molecule has 7 heteroatoms. The number of methoxy groups -OCH3 is 1. The predicted octanol–water partition coefficient (Wildman–Crippen LogP) is 3.45. The molecule has 4 aromatic rings. The van der Waals surface area contributed by atoms with Gasteiger partial charge < -0.3 is 15.0 Å². The highest BCUT2D eigenvalue weighted by Gasteiger charge is 2.18. The number of aromatic nitrogens is 4. The van der Waals surface area contributed by atoms with E-state index in [0.717, 1.165) is 21.6 Å². The van der Waals surface area contributed by atoms with Gasteiger partial charge in [0.1, 0.15) is 5.69 Å². The topological polar surface area (TPSA) is 78.8 Å². The molecule has 0 aliphatic carbocycles. The molecule has 4 rings (SSSR count). The number of anilines is 1. The van der Waals surface area contributed by atoms with E-state index < -0.39 is 0 Å². The summed E-state index contributed by atoms with van der Waals surface area (Å²) in [5.41, 5.74) is 9.46. The van der Waals surface area contributed by atoms with E-state index in [1.54, 1.807) is 24.6 Å². The highest BCUT2D eigenvalue weighted by Crippen LogP contribution is 2.30. The normalized spacial score (nSPS) is 11.2. The maximum absolute atomic E-state index is 6.14. The summed E-state index contributed by atoms with van der Waals surface area (Å²) < 4.78 is 7.33. The number of nitrogen functional groups attached to an aromatic ring is 1. The minimum absolute atomic E-state index is 0.370. The Morgan fingerprint density at radius 1 is 1.16 bits per heavy atom. The van der Waals surface area contributed by atoms with E-state index in [2.05, 4.69) is 9.55 Å². The van der Waals surface area contributed by atoms with Crippen molar-refractivity contribution >= 4 is 28.2 Å². The number of para-hydroxylation sites is 2. The third-order valence-electron chi connectivity index (χ3n) is 3.96. The second-order valence-electron chi connectivity index (χ2n) is 5.53. The van der Waals surface area contributed by atoms with Crippen LogP contribution in [0.4, 0.5) is 5.82 Å². The van der Waals surface area contributed by atoms with Crippen LogP contribution >= 0.6 is 11.3 Å². The number of nitrogens with zero attached hydrogens (tertiary/aromatic N) is 4. The molecule has 0 fully saturated rings. The Labute approximate surface area is 148 Å². The number of nitrogens with two attached hydrogens (primary N) is 1. The minimum atomic E-state index is 0.370. The zero-order valence-corrected chi connectivity index (χ0v) is 14.5. The van der Waals surface area contributed by atoms with Gasteiger partial charge in [-0.25, -0.2) is 15.0 Å². The van der Waals surface area contributed by atoms with Crippen LogP contribution in [0.15, 0.2) is 48.0 Å². The summed E-state index contributed by atoms with van der Waals surface area (Å²) in [6.45, 7) is 1.24. The summed E-state index contributed by atoms with van der Waals surface area (Å²) in [4.78, 5) is 14.9. The Morgan fingerprint density at radius 2 is 2.04 bits per heavy atom. The van der Waals surface area contributed by atoms with Crippen LogP contribution in [0.1, 0.15) is 0 Å². The van der Waals surface area contributed by atoms with Gasteiger partial charge in [-0.3, -0.25) is 0 Å². The number of rotatable bonds is 5. The summed E-state index contributed by atoms with van der Waals surface area (Å²) >= 11 is 1.62. The fourth-order valence-corrected chi connectivity index (χ4v) is 3.45. The molecule has 2 N–H and O–H groups in total. The molecule has 6 nitrogen and oxygen atoms in total. The van der Waals surface area contributed by atoms with Crippen molar-refractivity contribution < 1.29 is 4.74 Å². The summed E-state index contributed by atoms with van der Waals surface area (Å²) in [7, 11) is 1.68. The molecule has 25 heavy (non-hydrogen) atoms. The SMILES string of the molecule is COCCn1c(-c2nc(-c3cccs3)cnc2N)nc2ccccc21. The third kappa shape index (κ3) is 2.88. The van der Waals surface area contributed by atoms with E-state index in [0.29, 0.717) is 30.5 Å². The van der Waals surface area contributed by atoms with Crippen molar-refractivity contribution in [3.63, 3.8) is 0 Å². The van der Waals surface area contributed by atoms with Gasteiger partial charge in [-0.2, -0.15) is 0 Å². The lowest BCUT2D eigenvalue weighted by Gasteiger charge is -2.10. The van der Waals surface area contributed by atoms with Gasteiger partial charge in [0.05, 0.1) is 34.4 Å². The van der Waals surface area contributed by atoms with E-state index in [1.807, 2.05) is 41.8 Å². The molecule has 0 saturated heterocycles. The van der Waals surface area contributed by atoms with Crippen LogP contribution in [-0.2, 0) is 11.3 Å². The van der Waals surface area contributed by atoms with Crippen LogP contribution in [-0.4, -0.2) is 33.2 Å². The molecular formula is C18H17N5OS. The summed E-state index contributed by atoms with van der Waals surface area (Å²) in [5.74, 6) is 1.08. The van der Waals surface area contributed by atoms with Crippen LogP contribution < -0.4 is 5.73 Å². The monoisotopic (exact) mass is 351 g/mol. The van der Waals surface area contributed by atoms with Crippen LogP contribution in [0.5, 0.6) is 0 Å². The Hall–Kier alpha value is -2.77. The number of fused-ring (bicyclic) bond motifs is 1. The standard InChI is InChI=1S/C18H17N5OS/c1-24-9-8-23-14-6-3-2-5-12(14)22-18(23)16-17(19)20-11-13(21-16)15-7-4-10-25-15/h2-7,10-11H,8-9H2,1H3,(H2,19,20).